The fourth-order valence-corrected chi connectivity index (χ4v) is 3.39. The first kappa shape index (κ1) is 14.9. The van der Waals surface area contributed by atoms with Crippen molar-refractivity contribution in [1.29, 1.82) is 0 Å². The van der Waals surface area contributed by atoms with Gasteiger partial charge >= 0.3 is 5.97 Å². The zero-order valence-electron chi connectivity index (χ0n) is 11.5. The molecule has 1 heterocycles. The van der Waals surface area contributed by atoms with Crippen LogP contribution in [0.1, 0.15) is 42.5 Å². The lowest BCUT2D eigenvalue weighted by atomic mass is 9.74. The van der Waals surface area contributed by atoms with Crippen LogP contribution in [0.2, 0.25) is 10.0 Å². The van der Waals surface area contributed by atoms with E-state index in [1.165, 1.54) is 18.6 Å². The summed E-state index contributed by atoms with van der Waals surface area (Å²) in [6, 6.07) is 3.01. The molecule has 0 aromatic heterocycles. The van der Waals surface area contributed by atoms with E-state index in [0.717, 1.165) is 19.3 Å². The summed E-state index contributed by atoms with van der Waals surface area (Å²) in [4.78, 5) is 12.3. The third kappa shape index (κ3) is 2.98. The van der Waals surface area contributed by atoms with E-state index in [4.69, 9.17) is 38.4 Å². The lowest BCUT2D eigenvalue weighted by Gasteiger charge is -2.46. The van der Waals surface area contributed by atoms with Gasteiger partial charge in [-0.25, -0.2) is 4.79 Å². The van der Waals surface area contributed by atoms with E-state index in [1.54, 1.807) is 0 Å². The topological polar surface area (TPSA) is 61.6 Å². The minimum absolute atomic E-state index is 0.0691. The molecule has 1 spiro atoms. The maximum atomic E-state index is 12.3. The predicted molar refractivity (Wildman–Crippen MR) is 81.8 cm³/mol. The molecule has 4 nitrogen and oxygen atoms in total. The molecule has 1 atom stereocenters. The number of benzene rings is 1. The molecule has 2 N–H and O–H groups in total. The number of carbonyl (C=O) groups excluding carboxylic acids is 1. The van der Waals surface area contributed by atoms with Crippen molar-refractivity contribution in [2.45, 2.75) is 43.8 Å². The first-order valence-electron chi connectivity index (χ1n) is 7.09. The van der Waals surface area contributed by atoms with Crippen molar-refractivity contribution in [1.82, 2.24) is 0 Å². The smallest absolute Gasteiger partial charge is 0.340 e. The Morgan fingerprint density at radius 3 is 2.81 bits per heavy atom. The van der Waals surface area contributed by atoms with E-state index >= 15 is 0 Å². The molecule has 2 fully saturated rings. The second kappa shape index (κ2) is 5.67. The van der Waals surface area contributed by atoms with Gasteiger partial charge in [-0.05, 0) is 31.4 Å². The lowest BCUT2D eigenvalue weighted by molar-refractivity contribution is -0.159. The van der Waals surface area contributed by atoms with E-state index in [2.05, 4.69) is 0 Å². The molecule has 1 aromatic rings. The van der Waals surface area contributed by atoms with Crippen LogP contribution in [-0.4, -0.2) is 24.3 Å². The van der Waals surface area contributed by atoms with Gasteiger partial charge in [0.2, 0.25) is 0 Å². The normalized spacial score (nSPS) is 23.6. The minimum Gasteiger partial charge on any atom is -0.459 e. The molecule has 0 radical (unpaired) electrons. The van der Waals surface area contributed by atoms with Crippen LogP contribution in [0, 0.1) is 0 Å². The van der Waals surface area contributed by atoms with Gasteiger partial charge in [0.1, 0.15) is 6.10 Å². The highest BCUT2D eigenvalue weighted by molar-refractivity contribution is 6.44. The van der Waals surface area contributed by atoms with Crippen LogP contribution in [0.25, 0.3) is 0 Å². The lowest BCUT2D eigenvalue weighted by Crippen LogP contribution is -2.48. The fourth-order valence-electron chi connectivity index (χ4n) is 2.98. The zero-order valence-corrected chi connectivity index (χ0v) is 13.0. The van der Waals surface area contributed by atoms with Gasteiger partial charge in [0, 0.05) is 18.5 Å². The molecule has 3 rings (SSSR count). The van der Waals surface area contributed by atoms with Crippen molar-refractivity contribution < 1.29 is 14.3 Å². The molecule has 2 aliphatic rings. The number of nitrogen functional groups attached to an aromatic ring is 1. The second-order valence-electron chi connectivity index (χ2n) is 5.77. The molecule has 0 bridgehead atoms. The maximum absolute atomic E-state index is 12.3. The van der Waals surface area contributed by atoms with Gasteiger partial charge in [-0.15, -0.1) is 0 Å². The van der Waals surface area contributed by atoms with E-state index < -0.39 is 5.97 Å². The summed E-state index contributed by atoms with van der Waals surface area (Å²) in [6.07, 6.45) is 4.60. The molecule has 21 heavy (non-hydrogen) atoms. The van der Waals surface area contributed by atoms with E-state index in [0.29, 0.717) is 18.7 Å². The molecule has 1 saturated heterocycles. The van der Waals surface area contributed by atoms with E-state index in [1.807, 2.05) is 0 Å². The van der Waals surface area contributed by atoms with Crippen LogP contribution in [0.15, 0.2) is 12.1 Å². The zero-order chi connectivity index (χ0) is 15.0. The summed E-state index contributed by atoms with van der Waals surface area (Å²) in [5.74, 6) is -0.476. The van der Waals surface area contributed by atoms with Gasteiger partial charge in [-0.2, -0.15) is 0 Å². The molecule has 1 unspecified atom stereocenters. The van der Waals surface area contributed by atoms with Gasteiger partial charge in [-0.1, -0.05) is 23.2 Å². The Labute approximate surface area is 133 Å². The predicted octanol–water partition coefficient (Wildman–Crippen LogP) is 3.83. The Kier molecular flexibility index (Phi) is 4.04. The van der Waals surface area contributed by atoms with Crippen LogP contribution in [0.5, 0.6) is 0 Å². The minimum atomic E-state index is -0.476. The fraction of sp³-hybridized carbons (Fsp3) is 0.533. The Bertz CT molecular complexity index is 572. The van der Waals surface area contributed by atoms with Crippen LogP contribution in [-0.2, 0) is 9.47 Å². The summed E-state index contributed by atoms with van der Waals surface area (Å²) in [7, 11) is 0. The highest BCUT2D eigenvalue weighted by atomic mass is 35.5. The van der Waals surface area contributed by atoms with Gasteiger partial charge in [0.15, 0.2) is 0 Å². The number of halogens is 2. The Balaban J connectivity index is 1.71. The second-order valence-corrected chi connectivity index (χ2v) is 6.55. The van der Waals surface area contributed by atoms with Crippen molar-refractivity contribution in [2.24, 2.45) is 0 Å². The van der Waals surface area contributed by atoms with Crippen molar-refractivity contribution >= 4 is 34.9 Å². The van der Waals surface area contributed by atoms with Crippen LogP contribution in [0.3, 0.4) is 0 Å². The summed E-state index contributed by atoms with van der Waals surface area (Å²) in [5.41, 5.74) is 6.24. The van der Waals surface area contributed by atoms with Crippen LogP contribution < -0.4 is 5.73 Å². The van der Waals surface area contributed by atoms with Crippen LogP contribution in [0.4, 0.5) is 5.69 Å². The molecule has 1 saturated carbocycles. The van der Waals surface area contributed by atoms with Crippen molar-refractivity contribution in [3.8, 4) is 0 Å². The number of hydrogen-bond donors (Lipinski definition) is 1. The highest BCUT2D eigenvalue weighted by Crippen LogP contribution is 2.43. The third-order valence-electron chi connectivity index (χ3n) is 4.26. The number of anilines is 1. The largest absolute Gasteiger partial charge is 0.459 e. The van der Waals surface area contributed by atoms with Gasteiger partial charge in [-0.3, -0.25) is 0 Å². The molecular formula is C15H17Cl2NO3. The Morgan fingerprint density at radius 1 is 1.38 bits per heavy atom. The van der Waals surface area contributed by atoms with E-state index in [9.17, 15) is 4.79 Å². The Hall–Kier alpha value is -0.970. The average molecular weight is 330 g/mol. The monoisotopic (exact) mass is 329 g/mol. The SMILES string of the molecule is Nc1cc(Cl)c(Cl)c(C(=O)OC2CCOC3(CCC3)C2)c1. The summed E-state index contributed by atoms with van der Waals surface area (Å²) in [5, 5.41) is 0.437. The average Bonchev–Trinajstić information content (AvgIpc) is 2.41. The molecule has 1 aliphatic carbocycles. The Morgan fingerprint density at radius 2 is 2.14 bits per heavy atom. The van der Waals surface area contributed by atoms with Gasteiger partial charge < -0.3 is 15.2 Å². The summed E-state index contributed by atoms with van der Waals surface area (Å²) < 4.78 is 11.4. The van der Waals surface area contributed by atoms with E-state index in [-0.39, 0.29) is 27.3 Å². The first-order chi connectivity index (χ1) is 9.99. The molecule has 6 heteroatoms. The quantitative estimate of drug-likeness (QED) is 0.661. The number of carbonyl (C=O) groups is 1. The number of rotatable bonds is 2. The molecule has 1 aromatic carbocycles. The van der Waals surface area contributed by atoms with Crippen molar-refractivity contribution in [2.75, 3.05) is 12.3 Å². The maximum Gasteiger partial charge on any atom is 0.340 e. The number of ether oxygens (including phenoxy) is 2. The van der Waals surface area contributed by atoms with Crippen molar-refractivity contribution in [3.05, 3.63) is 27.7 Å². The van der Waals surface area contributed by atoms with Gasteiger partial charge in [0.05, 0.1) is 27.8 Å². The summed E-state index contributed by atoms with van der Waals surface area (Å²) >= 11 is 12.0. The summed E-state index contributed by atoms with van der Waals surface area (Å²) in [6.45, 7) is 0.628. The first-order valence-corrected chi connectivity index (χ1v) is 7.84. The molecule has 1 aliphatic heterocycles. The van der Waals surface area contributed by atoms with Crippen LogP contribution >= 0.6 is 23.2 Å². The van der Waals surface area contributed by atoms with Crippen molar-refractivity contribution in [3.63, 3.8) is 0 Å². The highest BCUT2D eigenvalue weighted by Gasteiger charge is 2.43. The van der Waals surface area contributed by atoms with Gasteiger partial charge in [0.25, 0.3) is 0 Å². The number of nitrogens with two attached hydrogens (primary N) is 1. The molecule has 114 valence electrons. The standard InChI is InChI=1S/C15H17Cl2NO3/c16-12-7-9(18)6-11(13(12)17)14(19)21-10-2-5-20-15(8-10)3-1-4-15/h6-7,10H,1-5,8,18H2. The number of hydrogen-bond acceptors (Lipinski definition) is 4. The molecule has 0 amide bonds. The molecular weight excluding hydrogens is 313 g/mol. The third-order valence-corrected chi connectivity index (χ3v) is 5.06. The number of esters is 1.